The van der Waals surface area contributed by atoms with Crippen molar-refractivity contribution in [3.63, 3.8) is 0 Å². The summed E-state index contributed by atoms with van der Waals surface area (Å²) in [4.78, 5) is 23.3. The van der Waals surface area contributed by atoms with Crippen molar-refractivity contribution in [3.8, 4) is 0 Å². The Morgan fingerprint density at radius 1 is 1.32 bits per heavy atom. The van der Waals surface area contributed by atoms with Gasteiger partial charge in [-0.15, -0.1) is 0 Å². The first kappa shape index (κ1) is 13.9. The molecule has 102 valence electrons. The van der Waals surface area contributed by atoms with E-state index >= 15 is 0 Å². The lowest BCUT2D eigenvalue weighted by Crippen LogP contribution is -2.27. The Kier molecular flexibility index (Phi) is 3.54. The van der Waals surface area contributed by atoms with E-state index in [4.69, 9.17) is 16.3 Å². The summed E-state index contributed by atoms with van der Waals surface area (Å²) in [5, 5.41) is 2.99. The molecule has 0 aromatic heterocycles. The first-order valence-corrected chi connectivity index (χ1v) is 6.50. The number of carbonyl (C=O) groups is 2. The van der Waals surface area contributed by atoms with Crippen LogP contribution >= 0.6 is 11.6 Å². The predicted molar refractivity (Wildman–Crippen MR) is 74.0 cm³/mol. The Morgan fingerprint density at radius 2 is 2.00 bits per heavy atom. The van der Waals surface area contributed by atoms with Crippen molar-refractivity contribution in [3.05, 3.63) is 28.3 Å². The number of aryl methyl sites for hydroxylation is 1. The number of fused-ring (bicyclic) bond motifs is 1. The normalized spacial score (nSPS) is 14.2. The summed E-state index contributed by atoms with van der Waals surface area (Å²) >= 11 is 6.09. The van der Waals surface area contributed by atoms with E-state index in [-0.39, 0.29) is 5.78 Å². The van der Waals surface area contributed by atoms with Gasteiger partial charge in [0.25, 0.3) is 0 Å². The third-order valence-electron chi connectivity index (χ3n) is 2.75. The van der Waals surface area contributed by atoms with Gasteiger partial charge in [-0.2, -0.15) is 0 Å². The maximum absolute atomic E-state index is 11.7. The van der Waals surface area contributed by atoms with E-state index in [9.17, 15) is 9.59 Å². The summed E-state index contributed by atoms with van der Waals surface area (Å²) in [5.41, 5.74) is 1.40. The highest BCUT2D eigenvalue weighted by Crippen LogP contribution is 2.31. The van der Waals surface area contributed by atoms with Gasteiger partial charge in [-0.3, -0.25) is 10.1 Å². The summed E-state index contributed by atoms with van der Waals surface area (Å²) in [6, 6.07) is 3.35. The number of carbonyl (C=O) groups excluding carboxylic acids is 2. The third-order valence-corrected chi connectivity index (χ3v) is 3.06. The summed E-state index contributed by atoms with van der Waals surface area (Å²) in [6.07, 6.45) is 0.627. The summed E-state index contributed by atoms with van der Waals surface area (Å²) in [7, 11) is 0. The predicted octanol–water partition coefficient (Wildman–Crippen LogP) is 3.82. The third kappa shape index (κ3) is 3.26. The maximum Gasteiger partial charge on any atom is 0.412 e. The second kappa shape index (κ2) is 4.85. The minimum absolute atomic E-state index is 0.0823. The van der Waals surface area contributed by atoms with Crippen molar-refractivity contribution >= 4 is 29.2 Å². The second-order valence-corrected chi connectivity index (χ2v) is 5.95. The molecule has 1 amide bonds. The number of halogens is 1. The Labute approximate surface area is 117 Å². The number of benzene rings is 1. The first-order chi connectivity index (χ1) is 8.76. The van der Waals surface area contributed by atoms with Gasteiger partial charge < -0.3 is 4.74 Å². The van der Waals surface area contributed by atoms with Crippen LogP contribution in [0.2, 0.25) is 5.02 Å². The fourth-order valence-electron chi connectivity index (χ4n) is 1.97. The minimum Gasteiger partial charge on any atom is -0.444 e. The van der Waals surface area contributed by atoms with Crippen molar-refractivity contribution in [1.29, 1.82) is 0 Å². The van der Waals surface area contributed by atoms with Crippen LogP contribution < -0.4 is 5.32 Å². The highest BCUT2D eigenvalue weighted by atomic mass is 35.5. The van der Waals surface area contributed by atoms with Crippen molar-refractivity contribution < 1.29 is 14.3 Å². The fraction of sp³-hybridized carbons (Fsp3) is 0.429. The number of anilines is 1. The van der Waals surface area contributed by atoms with Crippen LogP contribution in [0.4, 0.5) is 10.5 Å². The molecule has 1 aromatic carbocycles. The van der Waals surface area contributed by atoms with Crippen LogP contribution in [0.25, 0.3) is 0 Å². The zero-order chi connectivity index (χ0) is 14.2. The quantitative estimate of drug-likeness (QED) is 0.851. The van der Waals surface area contributed by atoms with E-state index in [1.165, 1.54) is 0 Å². The van der Waals surface area contributed by atoms with Crippen LogP contribution in [0.15, 0.2) is 12.1 Å². The number of ether oxygens (including phenoxy) is 1. The Balaban J connectivity index is 2.20. The molecular formula is C14H16ClNO3. The van der Waals surface area contributed by atoms with E-state index in [1.807, 2.05) is 0 Å². The second-order valence-electron chi connectivity index (χ2n) is 5.54. The van der Waals surface area contributed by atoms with Crippen LogP contribution in [-0.2, 0) is 11.2 Å². The topological polar surface area (TPSA) is 55.4 Å². The molecule has 0 aliphatic heterocycles. The molecule has 1 aliphatic carbocycles. The van der Waals surface area contributed by atoms with Crippen molar-refractivity contribution in [2.75, 3.05) is 5.32 Å². The van der Waals surface area contributed by atoms with Gasteiger partial charge >= 0.3 is 6.09 Å². The molecule has 0 atom stereocenters. The van der Waals surface area contributed by atoms with Crippen LogP contribution in [0.3, 0.4) is 0 Å². The molecule has 1 aromatic rings. The number of hydrogen-bond acceptors (Lipinski definition) is 3. The number of hydrogen-bond donors (Lipinski definition) is 1. The van der Waals surface area contributed by atoms with Crippen molar-refractivity contribution in [2.24, 2.45) is 0 Å². The van der Waals surface area contributed by atoms with Gasteiger partial charge in [0.15, 0.2) is 5.78 Å². The van der Waals surface area contributed by atoms with Gasteiger partial charge in [0.2, 0.25) is 0 Å². The number of Topliss-reactive ketones (excluding diaryl/α,β-unsaturated/α-hetero) is 1. The maximum atomic E-state index is 11.7. The minimum atomic E-state index is -0.584. The van der Waals surface area contributed by atoms with E-state index < -0.39 is 11.7 Å². The van der Waals surface area contributed by atoms with Crippen molar-refractivity contribution in [2.45, 2.75) is 39.2 Å². The van der Waals surface area contributed by atoms with E-state index in [0.29, 0.717) is 29.1 Å². The van der Waals surface area contributed by atoms with Gasteiger partial charge in [0.05, 0.1) is 10.7 Å². The monoisotopic (exact) mass is 281 g/mol. The van der Waals surface area contributed by atoms with Gasteiger partial charge in [0.1, 0.15) is 5.60 Å². The molecule has 5 heteroatoms. The molecule has 19 heavy (non-hydrogen) atoms. The SMILES string of the molecule is CC(C)(C)OC(=O)Nc1cc2c(cc1Cl)CCC2=O. The summed E-state index contributed by atoms with van der Waals surface area (Å²) in [6.45, 7) is 5.33. The summed E-state index contributed by atoms with van der Waals surface area (Å²) < 4.78 is 5.15. The van der Waals surface area contributed by atoms with E-state index in [1.54, 1.807) is 32.9 Å². The highest BCUT2D eigenvalue weighted by molar-refractivity contribution is 6.34. The Hall–Kier alpha value is -1.55. The van der Waals surface area contributed by atoms with Crippen LogP contribution in [0.5, 0.6) is 0 Å². The molecule has 0 saturated heterocycles. The molecule has 0 fully saturated rings. The number of nitrogens with one attached hydrogen (secondary N) is 1. The molecule has 0 saturated carbocycles. The molecule has 0 radical (unpaired) electrons. The lowest BCUT2D eigenvalue weighted by atomic mass is 10.1. The molecule has 0 heterocycles. The highest BCUT2D eigenvalue weighted by Gasteiger charge is 2.23. The fourth-order valence-corrected chi connectivity index (χ4v) is 2.21. The molecule has 0 spiro atoms. The number of rotatable bonds is 1. The Bertz CT molecular complexity index is 546. The molecule has 0 bridgehead atoms. The molecule has 0 unspecified atom stereocenters. The van der Waals surface area contributed by atoms with E-state index in [0.717, 1.165) is 5.56 Å². The molecule has 1 N–H and O–H groups in total. The first-order valence-electron chi connectivity index (χ1n) is 6.12. The average molecular weight is 282 g/mol. The molecular weight excluding hydrogens is 266 g/mol. The van der Waals surface area contributed by atoms with Crippen LogP contribution in [0.1, 0.15) is 43.1 Å². The standard InChI is InChI=1S/C14H16ClNO3/c1-14(2,3)19-13(18)16-11-7-9-8(6-10(11)15)4-5-12(9)17/h6-7H,4-5H2,1-3H3,(H,16,18). The zero-order valence-electron chi connectivity index (χ0n) is 11.2. The van der Waals surface area contributed by atoms with Crippen molar-refractivity contribution in [1.82, 2.24) is 0 Å². The summed E-state index contributed by atoms with van der Waals surface area (Å²) in [5.74, 6) is 0.0823. The van der Waals surface area contributed by atoms with Crippen LogP contribution in [-0.4, -0.2) is 17.5 Å². The van der Waals surface area contributed by atoms with Gasteiger partial charge in [-0.05, 0) is 44.9 Å². The smallest absolute Gasteiger partial charge is 0.412 e. The molecule has 4 nitrogen and oxygen atoms in total. The number of ketones is 1. The average Bonchev–Trinajstić information content (AvgIpc) is 2.58. The van der Waals surface area contributed by atoms with Gasteiger partial charge in [0, 0.05) is 12.0 Å². The molecule has 2 rings (SSSR count). The van der Waals surface area contributed by atoms with Gasteiger partial charge in [-0.1, -0.05) is 11.6 Å². The van der Waals surface area contributed by atoms with Crippen LogP contribution in [0, 0.1) is 0 Å². The lowest BCUT2D eigenvalue weighted by molar-refractivity contribution is 0.0635. The zero-order valence-corrected chi connectivity index (χ0v) is 11.9. The Morgan fingerprint density at radius 3 is 2.63 bits per heavy atom. The molecule has 1 aliphatic rings. The largest absolute Gasteiger partial charge is 0.444 e. The lowest BCUT2D eigenvalue weighted by Gasteiger charge is -2.20. The van der Waals surface area contributed by atoms with Gasteiger partial charge in [-0.25, -0.2) is 4.79 Å². The number of amides is 1. The van der Waals surface area contributed by atoms with E-state index in [2.05, 4.69) is 5.32 Å².